The number of esters is 1. The van der Waals surface area contributed by atoms with E-state index in [1.807, 2.05) is 19.9 Å². The van der Waals surface area contributed by atoms with Crippen LogP contribution in [0.5, 0.6) is 0 Å². The molecule has 0 aromatic rings. The molecule has 1 fully saturated rings. The molecule has 1 unspecified atom stereocenters. The van der Waals surface area contributed by atoms with Crippen molar-refractivity contribution in [3.05, 3.63) is 24.3 Å². The molecule has 0 heterocycles. The largest absolute Gasteiger partial charge is 0.469 e. The van der Waals surface area contributed by atoms with Gasteiger partial charge < -0.3 is 4.74 Å². The highest BCUT2D eigenvalue weighted by molar-refractivity contribution is 5.92. The first-order valence-electron chi connectivity index (χ1n) is 5.83. The van der Waals surface area contributed by atoms with Gasteiger partial charge in [0.15, 0.2) is 5.78 Å². The van der Waals surface area contributed by atoms with Gasteiger partial charge in [-0.1, -0.05) is 25.2 Å². The zero-order valence-corrected chi connectivity index (χ0v) is 10.6. The number of carbonyl (C=O) groups is 2. The smallest absolute Gasteiger partial charge is 0.312 e. The van der Waals surface area contributed by atoms with E-state index in [2.05, 4.69) is 6.58 Å². The van der Waals surface area contributed by atoms with Crippen LogP contribution in [-0.4, -0.2) is 18.9 Å². The minimum Gasteiger partial charge on any atom is -0.469 e. The van der Waals surface area contributed by atoms with Crippen LogP contribution in [0, 0.1) is 16.7 Å². The van der Waals surface area contributed by atoms with Gasteiger partial charge in [-0.05, 0) is 25.3 Å². The molecule has 1 saturated carbocycles. The van der Waals surface area contributed by atoms with E-state index in [0.29, 0.717) is 12.8 Å². The Kier molecular flexibility index (Phi) is 2.53. The molecule has 0 bridgehead atoms. The standard InChI is InChI=1S/C14H18O3/c1-9-8-14(3,12(16)17-4)13(2)6-5-10(15)7-11(9)13/h5-6,11H,1,7-8H2,2-4H3/t11?,13-,14+/m1/s1. The van der Waals surface area contributed by atoms with Gasteiger partial charge in [-0.3, -0.25) is 9.59 Å². The second-order valence-corrected chi connectivity index (χ2v) is 5.50. The molecule has 2 aliphatic rings. The third-order valence-corrected chi connectivity index (χ3v) is 4.64. The Morgan fingerprint density at radius 3 is 2.76 bits per heavy atom. The van der Waals surface area contributed by atoms with Crippen LogP contribution < -0.4 is 0 Å². The summed E-state index contributed by atoms with van der Waals surface area (Å²) in [6.45, 7) is 7.97. The van der Waals surface area contributed by atoms with E-state index in [9.17, 15) is 9.59 Å². The molecular weight excluding hydrogens is 216 g/mol. The highest BCUT2D eigenvalue weighted by Crippen LogP contribution is 2.61. The van der Waals surface area contributed by atoms with Crippen molar-refractivity contribution in [3.63, 3.8) is 0 Å². The van der Waals surface area contributed by atoms with Crippen molar-refractivity contribution in [1.82, 2.24) is 0 Å². The second-order valence-electron chi connectivity index (χ2n) is 5.50. The minimum absolute atomic E-state index is 0.0594. The van der Waals surface area contributed by atoms with E-state index in [0.717, 1.165) is 5.57 Å². The minimum atomic E-state index is -0.610. The number of allylic oxidation sites excluding steroid dienone is 3. The monoisotopic (exact) mass is 234 g/mol. The van der Waals surface area contributed by atoms with E-state index in [1.54, 1.807) is 6.08 Å². The summed E-state index contributed by atoms with van der Waals surface area (Å²) in [6, 6.07) is 0. The number of ether oxygens (including phenoxy) is 1. The summed E-state index contributed by atoms with van der Waals surface area (Å²) in [5.74, 6) is -0.0468. The Morgan fingerprint density at radius 2 is 2.18 bits per heavy atom. The topological polar surface area (TPSA) is 43.4 Å². The van der Waals surface area contributed by atoms with Crippen LogP contribution in [0.1, 0.15) is 26.7 Å². The maximum atomic E-state index is 12.0. The molecule has 0 N–H and O–H groups in total. The molecule has 3 nitrogen and oxygen atoms in total. The molecular formula is C14H18O3. The Bertz CT molecular complexity index is 435. The maximum Gasteiger partial charge on any atom is 0.312 e. The number of methoxy groups -OCH3 is 1. The summed E-state index contributed by atoms with van der Waals surface area (Å²) in [5, 5.41) is 0. The van der Waals surface area contributed by atoms with Crippen LogP contribution in [0.25, 0.3) is 0 Å². The molecule has 2 rings (SSSR count). The lowest BCUT2D eigenvalue weighted by Crippen LogP contribution is -2.44. The number of hydrogen-bond donors (Lipinski definition) is 0. The summed E-state index contributed by atoms with van der Waals surface area (Å²) in [7, 11) is 1.41. The first-order chi connectivity index (χ1) is 7.85. The molecule has 17 heavy (non-hydrogen) atoms. The summed E-state index contributed by atoms with van der Waals surface area (Å²) in [4.78, 5) is 23.5. The molecule has 0 saturated heterocycles. The van der Waals surface area contributed by atoms with Crippen molar-refractivity contribution in [2.24, 2.45) is 16.7 Å². The molecule has 0 radical (unpaired) electrons. The molecule has 0 aliphatic heterocycles. The average molecular weight is 234 g/mol. The summed E-state index contributed by atoms with van der Waals surface area (Å²) < 4.78 is 4.93. The van der Waals surface area contributed by atoms with Crippen LogP contribution in [0.15, 0.2) is 24.3 Å². The Balaban J connectivity index is 2.52. The van der Waals surface area contributed by atoms with Crippen LogP contribution in [0.2, 0.25) is 0 Å². The van der Waals surface area contributed by atoms with Crippen molar-refractivity contribution in [2.75, 3.05) is 7.11 Å². The van der Waals surface area contributed by atoms with E-state index in [1.165, 1.54) is 7.11 Å². The van der Waals surface area contributed by atoms with Crippen molar-refractivity contribution >= 4 is 11.8 Å². The molecule has 0 aromatic heterocycles. The van der Waals surface area contributed by atoms with Crippen LogP contribution in [0.4, 0.5) is 0 Å². The fourth-order valence-corrected chi connectivity index (χ4v) is 3.29. The van der Waals surface area contributed by atoms with E-state index < -0.39 is 5.41 Å². The number of carbonyl (C=O) groups excluding carboxylic acids is 2. The van der Waals surface area contributed by atoms with E-state index in [-0.39, 0.29) is 23.1 Å². The number of ketones is 1. The lowest BCUT2D eigenvalue weighted by Gasteiger charge is -2.41. The highest BCUT2D eigenvalue weighted by Gasteiger charge is 2.60. The molecule has 2 aliphatic carbocycles. The average Bonchev–Trinajstić information content (AvgIpc) is 2.49. The maximum absolute atomic E-state index is 12.0. The fourth-order valence-electron chi connectivity index (χ4n) is 3.29. The molecule has 3 heteroatoms. The highest BCUT2D eigenvalue weighted by atomic mass is 16.5. The van der Waals surface area contributed by atoms with Gasteiger partial charge in [-0.15, -0.1) is 0 Å². The van der Waals surface area contributed by atoms with Crippen LogP contribution >= 0.6 is 0 Å². The zero-order valence-electron chi connectivity index (χ0n) is 10.6. The summed E-state index contributed by atoms with van der Waals surface area (Å²) >= 11 is 0. The first-order valence-corrected chi connectivity index (χ1v) is 5.83. The van der Waals surface area contributed by atoms with Crippen molar-refractivity contribution in [3.8, 4) is 0 Å². The van der Waals surface area contributed by atoms with Gasteiger partial charge in [0.1, 0.15) is 0 Å². The first kappa shape index (κ1) is 12.1. The van der Waals surface area contributed by atoms with Crippen LogP contribution in [-0.2, 0) is 14.3 Å². The Labute approximate surface area is 102 Å². The van der Waals surface area contributed by atoms with Crippen molar-refractivity contribution in [1.29, 1.82) is 0 Å². The number of hydrogen-bond acceptors (Lipinski definition) is 3. The van der Waals surface area contributed by atoms with Gasteiger partial charge in [0.05, 0.1) is 12.5 Å². The predicted molar refractivity (Wildman–Crippen MR) is 64.2 cm³/mol. The lowest BCUT2D eigenvalue weighted by atomic mass is 9.61. The molecule has 0 amide bonds. The summed E-state index contributed by atoms with van der Waals surface area (Å²) in [6.07, 6.45) is 4.52. The van der Waals surface area contributed by atoms with Gasteiger partial charge >= 0.3 is 5.97 Å². The third-order valence-electron chi connectivity index (χ3n) is 4.64. The fraction of sp³-hybridized carbons (Fsp3) is 0.571. The van der Waals surface area contributed by atoms with Gasteiger partial charge in [0, 0.05) is 11.8 Å². The quantitative estimate of drug-likeness (QED) is 0.516. The molecule has 92 valence electrons. The Morgan fingerprint density at radius 1 is 1.53 bits per heavy atom. The molecule has 0 aromatic carbocycles. The third kappa shape index (κ3) is 1.41. The van der Waals surface area contributed by atoms with E-state index in [4.69, 9.17) is 4.74 Å². The second kappa shape index (κ2) is 3.56. The van der Waals surface area contributed by atoms with Crippen molar-refractivity contribution in [2.45, 2.75) is 26.7 Å². The SMILES string of the molecule is C=C1C[C@@](C)(C(=O)OC)[C@]2(C)C=CC(=O)CC12. The Hall–Kier alpha value is -1.38. The molecule has 0 spiro atoms. The van der Waals surface area contributed by atoms with Crippen molar-refractivity contribution < 1.29 is 14.3 Å². The van der Waals surface area contributed by atoms with Gasteiger partial charge in [0.25, 0.3) is 0 Å². The van der Waals surface area contributed by atoms with Gasteiger partial charge in [0.2, 0.25) is 0 Å². The number of fused-ring (bicyclic) bond motifs is 1. The summed E-state index contributed by atoms with van der Waals surface area (Å²) in [5.41, 5.74) is 0.0179. The lowest BCUT2D eigenvalue weighted by molar-refractivity contribution is -0.157. The van der Waals surface area contributed by atoms with Crippen LogP contribution in [0.3, 0.4) is 0 Å². The van der Waals surface area contributed by atoms with E-state index >= 15 is 0 Å². The van der Waals surface area contributed by atoms with Gasteiger partial charge in [-0.25, -0.2) is 0 Å². The predicted octanol–water partition coefficient (Wildman–Crippen LogP) is 2.28. The molecule has 3 atom stereocenters. The zero-order chi connectivity index (χ0) is 12.8. The normalized spacial score (nSPS) is 40.3. The number of rotatable bonds is 1. The van der Waals surface area contributed by atoms with Gasteiger partial charge in [-0.2, -0.15) is 0 Å².